The normalized spacial score (nSPS) is 30.0. The molecule has 3 aliphatic rings. The molecule has 3 atom stereocenters. The highest BCUT2D eigenvalue weighted by Gasteiger charge is 2.29. The summed E-state index contributed by atoms with van der Waals surface area (Å²) in [6.07, 6.45) is 14.9. The first-order valence-electron chi connectivity index (χ1n) is 13.3. The quantitative estimate of drug-likeness (QED) is 0.275. The van der Waals surface area contributed by atoms with Crippen molar-refractivity contribution in [2.75, 3.05) is 45.8 Å². The van der Waals surface area contributed by atoms with Crippen molar-refractivity contribution < 1.29 is 10.4 Å². The Hall–Kier alpha value is -1.59. The number of nitrogens with one attached hydrogen (secondary N) is 1. The summed E-state index contributed by atoms with van der Waals surface area (Å²) < 4.78 is 0. The number of nitriles is 1. The van der Waals surface area contributed by atoms with Gasteiger partial charge >= 0.3 is 0 Å². The molecule has 0 bridgehead atoms. The highest BCUT2D eigenvalue weighted by molar-refractivity contribution is 5.00. The van der Waals surface area contributed by atoms with Gasteiger partial charge in [0.1, 0.15) is 0 Å². The van der Waals surface area contributed by atoms with Crippen LogP contribution in [0.3, 0.4) is 0 Å². The summed E-state index contributed by atoms with van der Waals surface area (Å²) >= 11 is 0. The predicted molar refractivity (Wildman–Crippen MR) is 133 cm³/mol. The first kappa shape index (κ1) is 26.0. The van der Waals surface area contributed by atoms with Gasteiger partial charge in [0.2, 0.25) is 6.23 Å². The van der Waals surface area contributed by atoms with Crippen LogP contribution in [0.25, 0.3) is 0 Å². The van der Waals surface area contributed by atoms with Gasteiger partial charge in [0.15, 0.2) is 0 Å². The Labute approximate surface area is 201 Å². The number of rotatable bonds is 11. The van der Waals surface area contributed by atoms with Gasteiger partial charge in [0, 0.05) is 63.5 Å². The number of aliphatic hydroxyl groups excluding tert-OH is 1. The molecule has 7 heteroatoms. The van der Waals surface area contributed by atoms with Gasteiger partial charge in [-0.3, -0.25) is 4.90 Å². The maximum absolute atomic E-state index is 10.8. The van der Waals surface area contributed by atoms with Gasteiger partial charge < -0.3 is 26.4 Å². The molecule has 0 spiro atoms. The molecule has 2 fully saturated rings. The molecule has 0 aromatic heterocycles. The summed E-state index contributed by atoms with van der Waals surface area (Å²) in [4.78, 5) is 4.93. The van der Waals surface area contributed by atoms with E-state index in [2.05, 4.69) is 45.6 Å². The van der Waals surface area contributed by atoms with E-state index in [1.54, 1.807) is 6.20 Å². The maximum atomic E-state index is 10.8. The molecule has 1 saturated carbocycles. The van der Waals surface area contributed by atoms with Crippen LogP contribution in [-0.4, -0.2) is 73.0 Å². The second-order valence-electron chi connectivity index (χ2n) is 10.3. The molecule has 0 aromatic rings. The van der Waals surface area contributed by atoms with Crippen LogP contribution in [0.4, 0.5) is 0 Å². The third kappa shape index (κ3) is 8.29. The lowest BCUT2D eigenvalue weighted by Crippen LogP contribution is -2.94. The van der Waals surface area contributed by atoms with Crippen LogP contribution in [0.1, 0.15) is 58.3 Å². The van der Waals surface area contributed by atoms with Crippen molar-refractivity contribution in [3.63, 3.8) is 0 Å². The van der Waals surface area contributed by atoms with Crippen LogP contribution < -0.4 is 16.4 Å². The van der Waals surface area contributed by atoms with E-state index in [1.807, 2.05) is 0 Å². The van der Waals surface area contributed by atoms with Gasteiger partial charge in [-0.1, -0.05) is 12.2 Å². The number of hydrogen-bond acceptors (Lipinski definition) is 6. The lowest BCUT2D eigenvalue weighted by molar-refractivity contribution is -0.726. The first-order chi connectivity index (χ1) is 16.1. The molecule has 1 aliphatic heterocycles. The fraction of sp³-hybridized carbons (Fsp3) is 0.808. The lowest BCUT2D eigenvalue weighted by atomic mass is 9.82. The zero-order valence-corrected chi connectivity index (χ0v) is 20.7. The highest BCUT2D eigenvalue weighted by Crippen LogP contribution is 2.29. The van der Waals surface area contributed by atoms with Gasteiger partial charge in [-0.2, -0.15) is 5.26 Å². The van der Waals surface area contributed by atoms with Crippen LogP contribution in [0, 0.1) is 29.1 Å². The lowest BCUT2D eigenvalue weighted by Gasteiger charge is -2.37. The molecule has 6 N–H and O–H groups in total. The Morgan fingerprint density at radius 2 is 2.12 bits per heavy atom. The van der Waals surface area contributed by atoms with Crippen molar-refractivity contribution in [3.8, 4) is 6.07 Å². The Morgan fingerprint density at radius 3 is 2.79 bits per heavy atom. The number of piperazine rings is 1. The van der Waals surface area contributed by atoms with E-state index in [1.165, 1.54) is 25.0 Å². The zero-order valence-electron chi connectivity index (χ0n) is 20.7. The predicted octanol–water partition coefficient (Wildman–Crippen LogP) is 1.34. The number of nitrogens with zero attached hydrogens (tertiary/aromatic N) is 3. The van der Waals surface area contributed by atoms with Crippen molar-refractivity contribution in [2.45, 2.75) is 70.6 Å². The molecule has 7 nitrogen and oxygen atoms in total. The molecule has 0 aromatic carbocycles. The smallest absolute Gasteiger partial charge is 0.204 e. The molecular formula is C26H47N6O+. The number of hydrogen-bond donors (Lipinski definition) is 4. The molecule has 33 heavy (non-hydrogen) atoms. The summed E-state index contributed by atoms with van der Waals surface area (Å²) in [5, 5.41) is 25.6. The van der Waals surface area contributed by atoms with Crippen molar-refractivity contribution in [1.82, 2.24) is 15.1 Å². The van der Waals surface area contributed by atoms with Crippen LogP contribution >= 0.6 is 0 Å². The van der Waals surface area contributed by atoms with Crippen LogP contribution in [-0.2, 0) is 0 Å². The topological polar surface area (TPSA) is 105 Å². The molecule has 0 amide bonds. The number of aliphatic hydroxyl groups is 1. The molecule has 2 aliphatic carbocycles. The third-order valence-electron chi connectivity index (χ3n) is 7.89. The Morgan fingerprint density at radius 1 is 1.30 bits per heavy atom. The van der Waals surface area contributed by atoms with Crippen molar-refractivity contribution >= 4 is 0 Å². The van der Waals surface area contributed by atoms with Gasteiger partial charge in [0.25, 0.3) is 0 Å². The molecular weight excluding hydrogens is 412 g/mol. The van der Waals surface area contributed by atoms with E-state index in [0.29, 0.717) is 5.92 Å². The third-order valence-corrected chi connectivity index (χ3v) is 7.89. The minimum Gasteiger partial charge on any atom is -0.403 e. The Bertz CT molecular complexity index is 666. The minimum atomic E-state index is -0.436. The number of allylic oxidation sites excluding steroid dienone is 2. The van der Waals surface area contributed by atoms with E-state index in [-0.39, 0.29) is 12.0 Å². The fourth-order valence-electron chi connectivity index (χ4n) is 5.77. The van der Waals surface area contributed by atoms with Gasteiger partial charge in [0.05, 0.1) is 18.7 Å². The van der Waals surface area contributed by atoms with Gasteiger partial charge in [-0.15, -0.1) is 0 Å². The van der Waals surface area contributed by atoms with E-state index in [9.17, 15) is 5.11 Å². The summed E-state index contributed by atoms with van der Waals surface area (Å²) in [5.74, 6) is 1.67. The maximum Gasteiger partial charge on any atom is 0.204 e. The molecule has 186 valence electrons. The standard InChI is InChI=1S/C26H46N6O/c1-2-32(19-23-10-8-21(16-27)9-11-23)24(17-28)12-13-30-26(33)25-20-31(15-14-29-25)18-22-6-4-3-5-7-22/h3-4,17,21-23,25-26,29-30,33H,2,5-15,18-20,28H2,1H3/p+1/b24-17-. The van der Waals surface area contributed by atoms with Crippen LogP contribution in [0.2, 0.25) is 0 Å². The van der Waals surface area contributed by atoms with Gasteiger partial charge in [-0.05, 0) is 63.7 Å². The fourth-order valence-corrected chi connectivity index (χ4v) is 5.77. The van der Waals surface area contributed by atoms with E-state index >= 15 is 0 Å². The van der Waals surface area contributed by atoms with Crippen molar-refractivity contribution in [1.29, 1.82) is 5.26 Å². The zero-order chi connectivity index (χ0) is 23.5. The molecule has 1 heterocycles. The second kappa shape index (κ2) is 14.0. The van der Waals surface area contributed by atoms with E-state index < -0.39 is 6.23 Å². The van der Waals surface area contributed by atoms with Gasteiger partial charge in [-0.25, -0.2) is 0 Å². The summed E-state index contributed by atoms with van der Waals surface area (Å²) in [7, 11) is 0. The SMILES string of the molecule is CCN(CC1CCC(C#N)CC1)/C(=C\N)CC[NH2+]C(O)C1CN(CC2CC=CCC2)CCN1. The van der Waals surface area contributed by atoms with E-state index in [4.69, 9.17) is 11.0 Å². The number of nitrogens with two attached hydrogens (primary N) is 2. The first-order valence-corrected chi connectivity index (χ1v) is 13.3. The molecule has 3 unspecified atom stereocenters. The number of quaternary nitrogens is 1. The molecule has 1 saturated heterocycles. The average Bonchev–Trinajstić information content (AvgIpc) is 2.86. The highest BCUT2D eigenvalue weighted by atomic mass is 16.3. The molecule has 0 radical (unpaired) electrons. The summed E-state index contributed by atoms with van der Waals surface area (Å²) in [5.41, 5.74) is 7.19. The summed E-state index contributed by atoms with van der Waals surface area (Å²) in [6.45, 7) is 9.07. The summed E-state index contributed by atoms with van der Waals surface area (Å²) in [6, 6.07) is 2.54. The van der Waals surface area contributed by atoms with Crippen molar-refractivity contribution in [2.24, 2.45) is 23.5 Å². The second-order valence-corrected chi connectivity index (χ2v) is 10.3. The van der Waals surface area contributed by atoms with Crippen LogP contribution in [0.5, 0.6) is 0 Å². The Kier molecular flexibility index (Phi) is 11.0. The Balaban J connectivity index is 1.39. The minimum absolute atomic E-state index is 0.112. The molecule has 3 rings (SSSR count). The van der Waals surface area contributed by atoms with Crippen LogP contribution in [0.15, 0.2) is 24.0 Å². The largest absolute Gasteiger partial charge is 0.403 e. The average molecular weight is 460 g/mol. The van der Waals surface area contributed by atoms with Crippen molar-refractivity contribution in [3.05, 3.63) is 24.0 Å². The monoisotopic (exact) mass is 459 g/mol. The van der Waals surface area contributed by atoms with E-state index in [0.717, 1.165) is 83.8 Å².